The molecule has 0 aliphatic heterocycles. The molecule has 0 rings (SSSR count). The van der Waals surface area contributed by atoms with Gasteiger partial charge < -0.3 is 14.2 Å². The van der Waals surface area contributed by atoms with E-state index in [9.17, 15) is 14.4 Å². The molecule has 6 nitrogen and oxygen atoms in total. The first-order valence-electron chi connectivity index (χ1n) is 24.3. The lowest BCUT2D eigenvalue weighted by atomic mass is 10.1. The molecule has 1 atom stereocenters. The molecule has 62 heavy (non-hydrogen) atoms. The lowest BCUT2D eigenvalue weighted by Gasteiger charge is -2.18. The van der Waals surface area contributed by atoms with Crippen LogP contribution in [-0.4, -0.2) is 37.2 Å². The normalized spacial score (nSPS) is 13.3. The highest BCUT2D eigenvalue weighted by atomic mass is 16.6. The highest BCUT2D eigenvalue weighted by Crippen LogP contribution is 2.12. The average Bonchev–Trinajstić information content (AvgIpc) is 3.27. The number of unbranched alkanes of at least 4 members (excludes halogenated alkanes) is 12. The topological polar surface area (TPSA) is 78.9 Å². The monoisotopic (exact) mass is 855 g/mol. The van der Waals surface area contributed by atoms with Crippen molar-refractivity contribution in [2.45, 2.75) is 187 Å². The number of esters is 3. The molecule has 0 heterocycles. The number of carbonyl (C=O) groups is 3. The largest absolute Gasteiger partial charge is 0.462 e. The van der Waals surface area contributed by atoms with Crippen molar-refractivity contribution in [1.29, 1.82) is 0 Å². The Labute approximate surface area is 379 Å². The summed E-state index contributed by atoms with van der Waals surface area (Å²) in [5.41, 5.74) is 0. The van der Waals surface area contributed by atoms with Crippen molar-refractivity contribution in [3.05, 3.63) is 134 Å². The Kier molecular flexibility index (Phi) is 45.7. The van der Waals surface area contributed by atoms with E-state index in [0.29, 0.717) is 12.8 Å². The second kappa shape index (κ2) is 49.2. The average molecular weight is 855 g/mol. The van der Waals surface area contributed by atoms with Crippen molar-refractivity contribution in [2.24, 2.45) is 0 Å². The molecule has 346 valence electrons. The molecule has 6 heteroatoms. The third-order valence-electron chi connectivity index (χ3n) is 9.51. The summed E-state index contributed by atoms with van der Waals surface area (Å²) >= 11 is 0. The lowest BCUT2D eigenvalue weighted by Crippen LogP contribution is -2.30. The summed E-state index contributed by atoms with van der Waals surface area (Å²) in [5, 5.41) is 0. The summed E-state index contributed by atoms with van der Waals surface area (Å²) in [6.45, 7) is 6.20. The van der Waals surface area contributed by atoms with Crippen molar-refractivity contribution in [3.63, 3.8) is 0 Å². The van der Waals surface area contributed by atoms with Crippen LogP contribution < -0.4 is 0 Å². The van der Waals surface area contributed by atoms with E-state index in [-0.39, 0.29) is 50.4 Å². The molecule has 0 saturated carbocycles. The molecular weight excluding hydrogens is 769 g/mol. The van der Waals surface area contributed by atoms with E-state index < -0.39 is 6.10 Å². The zero-order valence-corrected chi connectivity index (χ0v) is 39.3. The van der Waals surface area contributed by atoms with Gasteiger partial charge in [-0.15, -0.1) is 0 Å². The van der Waals surface area contributed by atoms with Gasteiger partial charge in [0.25, 0.3) is 0 Å². The van der Waals surface area contributed by atoms with Gasteiger partial charge in [0, 0.05) is 19.3 Å². The fourth-order valence-corrected chi connectivity index (χ4v) is 5.93. The molecule has 0 aromatic carbocycles. The quantitative estimate of drug-likeness (QED) is 0.0200. The molecule has 0 aromatic rings. The van der Waals surface area contributed by atoms with Crippen LogP contribution >= 0.6 is 0 Å². The van der Waals surface area contributed by atoms with Crippen LogP contribution in [0.1, 0.15) is 181 Å². The molecule has 0 N–H and O–H groups in total. The van der Waals surface area contributed by atoms with Crippen molar-refractivity contribution < 1.29 is 28.6 Å². The van der Waals surface area contributed by atoms with E-state index in [1.807, 2.05) is 66.8 Å². The summed E-state index contributed by atoms with van der Waals surface area (Å²) in [6, 6.07) is 0. The Morgan fingerprint density at radius 2 is 0.758 bits per heavy atom. The van der Waals surface area contributed by atoms with Crippen LogP contribution in [0.25, 0.3) is 0 Å². The van der Waals surface area contributed by atoms with E-state index in [1.54, 1.807) is 0 Å². The zero-order valence-electron chi connectivity index (χ0n) is 39.3. The van der Waals surface area contributed by atoms with E-state index in [1.165, 1.54) is 64.2 Å². The number of ether oxygens (including phenoxy) is 3. The molecular formula is C56H86O6. The van der Waals surface area contributed by atoms with Gasteiger partial charge in [-0.05, 0) is 89.9 Å². The maximum absolute atomic E-state index is 12.8. The van der Waals surface area contributed by atoms with Crippen LogP contribution in [0, 0.1) is 0 Å². The van der Waals surface area contributed by atoms with Gasteiger partial charge in [-0.25, -0.2) is 0 Å². The van der Waals surface area contributed by atoms with Gasteiger partial charge in [0.05, 0.1) is 0 Å². The summed E-state index contributed by atoms with van der Waals surface area (Å²) in [6.07, 6.45) is 68.8. The van der Waals surface area contributed by atoms with Gasteiger partial charge in [-0.3, -0.25) is 14.4 Å². The zero-order chi connectivity index (χ0) is 45.1. The van der Waals surface area contributed by atoms with Gasteiger partial charge >= 0.3 is 17.9 Å². The third kappa shape index (κ3) is 46.6. The molecule has 0 bridgehead atoms. The van der Waals surface area contributed by atoms with Gasteiger partial charge in [-0.1, -0.05) is 206 Å². The Balaban J connectivity index is 4.63. The maximum atomic E-state index is 12.8. The number of hydrogen-bond donors (Lipinski definition) is 0. The minimum Gasteiger partial charge on any atom is -0.462 e. The highest BCUT2D eigenvalue weighted by molar-refractivity contribution is 5.71. The fraction of sp³-hybridized carbons (Fsp3) is 0.554. The van der Waals surface area contributed by atoms with Gasteiger partial charge in [-0.2, -0.15) is 0 Å². The minimum atomic E-state index is -0.843. The molecule has 0 aromatic heterocycles. The van der Waals surface area contributed by atoms with Crippen molar-refractivity contribution in [3.8, 4) is 0 Å². The summed E-state index contributed by atoms with van der Waals surface area (Å²) < 4.78 is 16.6. The van der Waals surface area contributed by atoms with Crippen LogP contribution in [0.2, 0.25) is 0 Å². The first-order chi connectivity index (χ1) is 30.5. The van der Waals surface area contributed by atoms with Crippen LogP contribution in [-0.2, 0) is 28.6 Å². The van der Waals surface area contributed by atoms with E-state index in [0.717, 1.165) is 64.2 Å². The van der Waals surface area contributed by atoms with Crippen LogP contribution in [0.5, 0.6) is 0 Å². The Morgan fingerprint density at radius 1 is 0.355 bits per heavy atom. The smallest absolute Gasteiger partial charge is 0.306 e. The maximum Gasteiger partial charge on any atom is 0.306 e. The van der Waals surface area contributed by atoms with Gasteiger partial charge in [0.15, 0.2) is 6.10 Å². The molecule has 0 aliphatic carbocycles. The third-order valence-corrected chi connectivity index (χ3v) is 9.51. The van der Waals surface area contributed by atoms with Crippen LogP contribution in [0.3, 0.4) is 0 Å². The van der Waals surface area contributed by atoms with Crippen molar-refractivity contribution >= 4 is 17.9 Å². The van der Waals surface area contributed by atoms with Crippen LogP contribution in [0.4, 0.5) is 0 Å². The Bertz CT molecular complexity index is 1400. The van der Waals surface area contributed by atoms with E-state index in [4.69, 9.17) is 14.2 Å². The highest BCUT2D eigenvalue weighted by Gasteiger charge is 2.19. The van der Waals surface area contributed by atoms with E-state index in [2.05, 4.69) is 87.6 Å². The molecule has 0 aliphatic rings. The lowest BCUT2D eigenvalue weighted by molar-refractivity contribution is -0.166. The fourth-order valence-electron chi connectivity index (χ4n) is 5.93. The summed E-state index contributed by atoms with van der Waals surface area (Å²) in [7, 11) is 0. The van der Waals surface area contributed by atoms with Gasteiger partial charge in [0.1, 0.15) is 13.2 Å². The minimum absolute atomic E-state index is 0.145. The first kappa shape index (κ1) is 57.5. The van der Waals surface area contributed by atoms with Crippen LogP contribution in [0.15, 0.2) is 134 Å². The second-order valence-corrected chi connectivity index (χ2v) is 15.4. The number of hydrogen-bond acceptors (Lipinski definition) is 6. The van der Waals surface area contributed by atoms with Gasteiger partial charge in [0.2, 0.25) is 0 Å². The molecule has 0 saturated heterocycles. The Hall–Kier alpha value is -4.45. The summed E-state index contributed by atoms with van der Waals surface area (Å²) in [4.78, 5) is 37.8. The van der Waals surface area contributed by atoms with Crippen molar-refractivity contribution in [2.75, 3.05) is 13.2 Å². The molecule has 0 fully saturated rings. The number of allylic oxidation sites excluding steroid dienone is 22. The molecule has 0 spiro atoms. The predicted octanol–water partition coefficient (Wildman–Crippen LogP) is 15.9. The molecule has 1 unspecified atom stereocenters. The van der Waals surface area contributed by atoms with E-state index >= 15 is 0 Å². The summed E-state index contributed by atoms with van der Waals surface area (Å²) in [5.74, 6) is -1.11. The predicted molar refractivity (Wildman–Crippen MR) is 265 cm³/mol. The SMILES string of the molecule is CC\C=C/C=C\C=C/C=C\C=C/CCCC(=O)OCC(COC(=O)CC/C=C\C/C=C\C/C=C\C/C=C\C/C=C\CC)OC(=O)CCCCCCCCC/C=C\CCCCCC. The standard InChI is InChI=1S/C56H86O6/c1-4-7-10-13-16-19-22-25-27-29-31-34-37-40-43-46-49-55(58)61-52-53(51-60-54(57)48-45-42-39-36-33-30-24-21-18-15-12-9-6-3)62-56(59)50-47-44-41-38-35-32-28-26-23-20-17-14-11-8-5-2/h7,9-10,12,15-16,18-21,23-25,27,30-31,33-34,36,39-40,43,53H,4-6,8,11,13-14,17,22,26,28-29,32,35,37-38,41-42,44-52H2,1-3H3/b10-7-,12-9-,18-15-,19-16-,23-20-,24-21-,27-25-,33-30-,34-31-,39-36-,43-40-. The first-order valence-corrected chi connectivity index (χ1v) is 24.3. The molecule has 0 radical (unpaired) electrons. The molecule has 0 amide bonds. The Morgan fingerprint density at radius 3 is 1.31 bits per heavy atom. The number of rotatable bonds is 41. The second-order valence-electron chi connectivity index (χ2n) is 15.4. The number of carbonyl (C=O) groups excluding carboxylic acids is 3. The van der Waals surface area contributed by atoms with Crippen molar-refractivity contribution in [1.82, 2.24) is 0 Å².